The van der Waals surface area contributed by atoms with Gasteiger partial charge in [0.05, 0.1) is 0 Å². The predicted molar refractivity (Wildman–Crippen MR) is 68.9 cm³/mol. The summed E-state index contributed by atoms with van der Waals surface area (Å²) in [5.41, 5.74) is 4.87. The van der Waals surface area contributed by atoms with Crippen molar-refractivity contribution in [2.24, 2.45) is 11.7 Å². The smallest absolute Gasteiger partial charge is 0.410 e. The second kappa shape index (κ2) is 5.59. The lowest BCUT2D eigenvalue weighted by Gasteiger charge is -2.39. The molecule has 1 unspecified atom stereocenters. The van der Waals surface area contributed by atoms with Gasteiger partial charge in [-0.2, -0.15) is 0 Å². The Morgan fingerprint density at radius 1 is 1.39 bits per heavy atom. The first kappa shape index (κ1) is 14.8. The van der Waals surface area contributed by atoms with Gasteiger partial charge in [-0.1, -0.05) is 6.42 Å². The van der Waals surface area contributed by atoms with Gasteiger partial charge in [-0.05, 0) is 46.5 Å². The molecule has 104 valence electrons. The van der Waals surface area contributed by atoms with Crippen LogP contribution in [0.25, 0.3) is 0 Å². The number of hydrogen-bond acceptors (Lipinski definition) is 3. The van der Waals surface area contributed by atoms with E-state index in [1.807, 2.05) is 6.92 Å². The van der Waals surface area contributed by atoms with E-state index in [0.717, 1.165) is 19.3 Å². The Bertz CT molecular complexity index is 319. The Morgan fingerprint density at radius 3 is 2.22 bits per heavy atom. The van der Waals surface area contributed by atoms with Crippen LogP contribution in [0.5, 0.6) is 0 Å². The number of likely N-dealkylation sites (N-methyl/N-ethyl adjacent to an activating group) is 1. The number of carbonyl (C=O) groups is 2. The van der Waals surface area contributed by atoms with Crippen molar-refractivity contribution in [3.05, 3.63) is 0 Å². The second-order valence-corrected chi connectivity index (χ2v) is 5.80. The van der Waals surface area contributed by atoms with Crippen molar-refractivity contribution in [3.8, 4) is 0 Å². The van der Waals surface area contributed by atoms with Crippen LogP contribution in [-0.4, -0.2) is 35.1 Å². The number of nitrogens with two attached hydrogens (primary N) is 1. The van der Waals surface area contributed by atoms with Gasteiger partial charge in [0.1, 0.15) is 11.6 Å². The number of ether oxygens (including phenoxy) is 1. The molecule has 0 heterocycles. The standard InChI is InChI=1S/C13H24N2O3/c1-5-15(12(17)18-13(2,3)4)10(11(14)16)9-7-6-8-9/h9-10H,5-8H2,1-4H3,(H2,14,16). The number of nitrogens with zero attached hydrogens (tertiary/aromatic N) is 1. The highest BCUT2D eigenvalue weighted by Crippen LogP contribution is 2.32. The molecule has 0 radical (unpaired) electrons. The third-order valence-electron chi connectivity index (χ3n) is 3.19. The first-order valence-electron chi connectivity index (χ1n) is 6.55. The zero-order valence-electron chi connectivity index (χ0n) is 11.7. The van der Waals surface area contributed by atoms with Crippen molar-refractivity contribution < 1.29 is 14.3 Å². The molecule has 2 N–H and O–H groups in total. The minimum atomic E-state index is -0.563. The van der Waals surface area contributed by atoms with Gasteiger partial charge >= 0.3 is 6.09 Å². The summed E-state index contributed by atoms with van der Waals surface area (Å²) in [6, 6.07) is -0.529. The van der Waals surface area contributed by atoms with E-state index in [0.29, 0.717) is 6.54 Å². The molecule has 18 heavy (non-hydrogen) atoms. The van der Waals surface area contributed by atoms with Crippen molar-refractivity contribution in [3.63, 3.8) is 0 Å². The zero-order valence-corrected chi connectivity index (χ0v) is 11.7. The fourth-order valence-corrected chi connectivity index (χ4v) is 2.16. The lowest BCUT2D eigenvalue weighted by atomic mass is 9.79. The predicted octanol–water partition coefficient (Wildman–Crippen LogP) is 1.90. The molecule has 0 aromatic carbocycles. The number of primary amides is 1. The second-order valence-electron chi connectivity index (χ2n) is 5.80. The molecule has 1 aliphatic rings. The zero-order chi connectivity index (χ0) is 13.9. The fraction of sp³-hybridized carbons (Fsp3) is 0.846. The molecule has 0 aliphatic heterocycles. The van der Waals surface area contributed by atoms with E-state index < -0.39 is 23.6 Å². The van der Waals surface area contributed by atoms with Crippen LogP contribution in [0.4, 0.5) is 4.79 Å². The number of carbonyl (C=O) groups excluding carboxylic acids is 2. The Morgan fingerprint density at radius 2 is 1.94 bits per heavy atom. The van der Waals surface area contributed by atoms with Gasteiger partial charge in [-0.3, -0.25) is 9.69 Å². The maximum Gasteiger partial charge on any atom is 0.410 e. The van der Waals surface area contributed by atoms with Crippen LogP contribution in [0.2, 0.25) is 0 Å². The van der Waals surface area contributed by atoms with Gasteiger partial charge in [0.25, 0.3) is 0 Å². The first-order chi connectivity index (χ1) is 8.26. The lowest BCUT2D eigenvalue weighted by Crippen LogP contribution is -2.54. The molecule has 1 rings (SSSR count). The summed E-state index contributed by atoms with van der Waals surface area (Å²) >= 11 is 0. The van der Waals surface area contributed by atoms with Crippen LogP contribution >= 0.6 is 0 Å². The summed E-state index contributed by atoms with van der Waals surface area (Å²) in [6.45, 7) is 7.68. The quantitative estimate of drug-likeness (QED) is 0.835. The van der Waals surface area contributed by atoms with E-state index in [9.17, 15) is 9.59 Å². The van der Waals surface area contributed by atoms with Gasteiger partial charge < -0.3 is 10.5 Å². The summed E-state index contributed by atoms with van der Waals surface area (Å²) in [4.78, 5) is 25.1. The molecule has 0 saturated heterocycles. The molecule has 2 amide bonds. The first-order valence-corrected chi connectivity index (χ1v) is 6.55. The number of amides is 2. The fourth-order valence-electron chi connectivity index (χ4n) is 2.16. The molecule has 1 saturated carbocycles. The maximum atomic E-state index is 12.1. The number of hydrogen-bond donors (Lipinski definition) is 1. The molecule has 1 aliphatic carbocycles. The average molecular weight is 256 g/mol. The minimum absolute atomic E-state index is 0.190. The molecule has 5 heteroatoms. The molecule has 0 aromatic rings. The van der Waals surface area contributed by atoms with Crippen molar-refractivity contribution in [2.75, 3.05) is 6.54 Å². The normalized spacial score (nSPS) is 17.8. The maximum absolute atomic E-state index is 12.1. The van der Waals surface area contributed by atoms with E-state index in [-0.39, 0.29) is 5.92 Å². The largest absolute Gasteiger partial charge is 0.444 e. The van der Waals surface area contributed by atoms with Gasteiger partial charge in [0, 0.05) is 6.54 Å². The highest BCUT2D eigenvalue weighted by Gasteiger charge is 2.38. The van der Waals surface area contributed by atoms with Crippen LogP contribution < -0.4 is 5.73 Å². The van der Waals surface area contributed by atoms with E-state index in [1.165, 1.54) is 4.90 Å². The Hall–Kier alpha value is -1.26. The van der Waals surface area contributed by atoms with Gasteiger partial charge in [0.2, 0.25) is 5.91 Å². The van der Waals surface area contributed by atoms with Gasteiger partial charge in [-0.15, -0.1) is 0 Å². The summed E-state index contributed by atoms with van der Waals surface area (Å²) < 4.78 is 5.32. The highest BCUT2D eigenvalue weighted by molar-refractivity contribution is 5.84. The Balaban J connectivity index is 2.78. The summed E-state index contributed by atoms with van der Waals surface area (Å²) in [5.74, 6) is -0.248. The van der Waals surface area contributed by atoms with Crippen molar-refractivity contribution in [1.82, 2.24) is 4.90 Å². The van der Waals surface area contributed by atoms with E-state index in [1.54, 1.807) is 20.8 Å². The van der Waals surface area contributed by atoms with E-state index in [4.69, 9.17) is 10.5 Å². The third kappa shape index (κ3) is 3.62. The third-order valence-corrected chi connectivity index (χ3v) is 3.19. The summed E-state index contributed by atoms with van der Waals surface area (Å²) in [6.07, 6.45) is 2.54. The molecule has 1 atom stereocenters. The van der Waals surface area contributed by atoms with Crippen molar-refractivity contribution in [2.45, 2.75) is 58.6 Å². The molecular weight excluding hydrogens is 232 g/mol. The van der Waals surface area contributed by atoms with Gasteiger partial charge in [0.15, 0.2) is 0 Å². The van der Waals surface area contributed by atoms with Crippen LogP contribution in [0.15, 0.2) is 0 Å². The van der Waals surface area contributed by atoms with Crippen molar-refractivity contribution in [1.29, 1.82) is 0 Å². The SMILES string of the molecule is CCN(C(=O)OC(C)(C)C)C(C(N)=O)C1CCC1. The Kier molecular flexibility index (Phi) is 4.59. The van der Waals surface area contributed by atoms with E-state index in [2.05, 4.69) is 0 Å². The molecule has 0 bridgehead atoms. The lowest BCUT2D eigenvalue weighted by molar-refractivity contribution is -0.126. The summed E-state index contributed by atoms with van der Waals surface area (Å²) in [5, 5.41) is 0. The van der Waals surface area contributed by atoms with Crippen LogP contribution in [-0.2, 0) is 9.53 Å². The van der Waals surface area contributed by atoms with Crippen LogP contribution in [0.1, 0.15) is 47.0 Å². The molecule has 1 fully saturated rings. The monoisotopic (exact) mass is 256 g/mol. The van der Waals surface area contributed by atoms with Crippen LogP contribution in [0, 0.1) is 5.92 Å². The van der Waals surface area contributed by atoms with Crippen molar-refractivity contribution >= 4 is 12.0 Å². The van der Waals surface area contributed by atoms with Gasteiger partial charge in [-0.25, -0.2) is 4.79 Å². The molecule has 0 aromatic heterocycles. The molecule has 5 nitrogen and oxygen atoms in total. The Labute approximate surface area is 109 Å². The average Bonchev–Trinajstić information content (AvgIpc) is 2.11. The topological polar surface area (TPSA) is 72.6 Å². The summed E-state index contributed by atoms with van der Waals surface area (Å²) in [7, 11) is 0. The minimum Gasteiger partial charge on any atom is -0.444 e. The number of rotatable bonds is 4. The van der Waals surface area contributed by atoms with Crippen LogP contribution in [0.3, 0.4) is 0 Å². The van der Waals surface area contributed by atoms with E-state index >= 15 is 0 Å². The molecular formula is C13H24N2O3. The molecule has 0 spiro atoms. The highest BCUT2D eigenvalue weighted by atomic mass is 16.6.